The van der Waals surface area contributed by atoms with E-state index in [2.05, 4.69) is 25.5 Å². The minimum atomic E-state index is -2.96. The van der Waals surface area contributed by atoms with Crippen molar-refractivity contribution >= 4 is 5.96 Å². The number of ether oxygens (including phenoxy) is 3. The van der Waals surface area contributed by atoms with Crippen LogP contribution in [0.2, 0.25) is 0 Å². The van der Waals surface area contributed by atoms with E-state index in [1.54, 1.807) is 6.07 Å². The summed E-state index contributed by atoms with van der Waals surface area (Å²) in [6.45, 7) is 0.0543. The Hall–Kier alpha value is -3.82. The predicted octanol–water partition coefficient (Wildman–Crippen LogP) is 3.93. The summed E-state index contributed by atoms with van der Waals surface area (Å²) in [5, 5.41) is 10.3. The van der Waals surface area contributed by atoms with Gasteiger partial charge in [0.2, 0.25) is 6.79 Å². The van der Waals surface area contributed by atoms with Crippen LogP contribution in [0.1, 0.15) is 18.2 Å². The quantitative estimate of drug-likeness (QED) is 0.402. The minimum absolute atomic E-state index is 0.00662. The van der Waals surface area contributed by atoms with Crippen molar-refractivity contribution in [2.75, 3.05) is 13.3 Å². The Morgan fingerprint density at radius 2 is 1.91 bits per heavy atom. The summed E-state index contributed by atoms with van der Waals surface area (Å²) < 4.78 is 46.3. The molecule has 2 aromatic carbocycles. The average Bonchev–Trinajstić information content (AvgIpc) is 3.45. The molecule has 32 heavy (non-hydrogen) atoms. The highest BCUT2D eigenvalue weighted by atomic mass is 19.3. The first-order valence-electron chi connectivity index (χ1n) is 10.0. The first kappa shape index (κ1) is 21.4. The second-order valence-electron chi connectivity index (χ2n) is 6.79. The number of halogens is 2. The lowest BCUT2D eigenvalue weighted by molar-refractivity contribution is -0.0505. The predicted molar refractivity (Wildman–Crippen MR) is 113 cm³/mol. The van der Waals surface area contributed by atoms with E-state index in [-0.39, 0.29) is 19.1 Å². The van der Waals surface area contributed by atoms with Crippen LogP contribution < -0.4 is 24.8 Å². The summed E-state index contributed by atoms with van der Waals surface area (Å²) >= 11 is 0. The molecule has 0 radical (unpaired) electrons. The van der Waals surface area contributed by atoms with Gasteiger partial charge in [-0.3, -0.25) is 0 Å². The lowest BCUT2D eigenvalue weighted by Crippen LogP contribution is -2.36. The summed E-state index contributed by atoms with van der Waals surface area (Å²) in [4.78, 5) is 4.47. The molecule has 4 rings (SSSR count). The molecule has 0 atom stereocenters. The summed E-state index contributed by atoms with van der Waals surface area (Å²) in [5.74, 6) is 1.97. The number of hydrogen-bond donors (Lipinski definition) is 2. The summed E-state index contributed by atoms with van der Waals surface area (Å²) in [7, 11) is 0. The molecule has 168 valence electrons. The number of nitrogens with zero attached hydrogens (tertiary/aromatic N) is 2. The Morgan fingerprint density at radius 1 is 1.12 bits per heavy atom. The lowest BCUT2D eigenvalue weighted by atomic mass is 10.1. The second kappa shape index (κ2) is 9.99. The third kappa shape index (κ3) is 5.26. The van der Waals surface area contributed by atoms with Gasteiger partial charge in [0.1, 0.15) is 11.4 Å². The Bertz CT molecular complexity index is 1070. The van der Waals surface area contributed by atoms with Crippen molar-refractivity contribution in [1.29, 1.82) is 0 Å². The van der Waals surface area contributed by atoms with E-state index < -0.39 is 6.61 Å². The molecule has 0 aliphatic carbocycles. The summed E-state index contributed by atoms with van der Waals surface area (Å²) in [6.07, 6.45) is 0. The highest BCUT2D eigenvalue weighted by Gasteiger charge is 2.20. The zero-order chi connectivity index (χ0) is 22.3. The first-order chi connectivity index (χ1) is 15.6. The van der Waals surface area contributed by atoms with Crippen LogP contribution in [-0.4, -0.2) is 31.1 Å². The SMILES string of the molecule is CCNC(=NCc1cc2c(cc1OC(F)F)OCO2)NCc1cc(-c2ccccc2)on1. The second-order valence-corrected chi connectivity index (χ2v) is 6.79. The van der Waals surface area contributed by atoms with Gasteiger partial charge < -0.3 is 29.4 Å². The lowest BCUT2D eigenvalue weighted by Gasteiger charge is -2.13. The molecule has 0 saturated carbocycles. The van der Waals surface area contributed by atoms with Crippen molar-refractivity contribution in [1.82, 2.24) is 15.8 Å². The van der Waals surface area contributed by atoms with E-state index in [1.165, 1.54) is 6.07 Å². The van der Waals surface area contributed by atoms with Crippen LogP contribution in [0.4, 0.5) is 8.78 Å². The molecular weight excluding hydrogens is 422 g/mol. The maximum atomic E-state index is 12.8. The molecule has 1 aliphatic heterocycles. The minimum Gasteiger partial charge on any atom is -0.454 e. The van der Waals surface area contributed by atoms with Crippen molar-refractivity contribution < 1.29 is 27.5 Å². The topological polar surface area (TPSA) is 90.1 Å². The molecule has 2 heterocycles. The summed E-state index contributed by atoms with van der Waals surface area (Å²) in [6, 6.07) is 14.5. The Kier molecular flexibility index (Phi) is 6.69. The largest absolute Gasteiger partial charge is 0.454 e. The van der Waals surface area contributed by atoms with E-state index in [0.29, 0.717) is 47.6 Å². The van der Waals surface area contributed by atoms with Crippen molar-refractivity contribution in [3.05, 3.63) is 59.8 Å². The molecule has 1 aromatic heterocycles. The van der Waals surface area contributed by atoms with Crippen LogP contribution in [0.15, 0.2) is 58.0 Å². The van der Waals surface area contributed by atoms with E-state index in [0.717, 1.165) is 5.56 Å². The van der Waals surface area contributed by atoms with Crippen LogP contribution in [0.3, 0.4) is 0 Å². The number of benzene rings is 2. The van der Waals surface area contributed by atoms with Gasteiger partial charge in [0.05, 0.1) is 13.1 Å². The molecule has 0 unspecified atom stereocenters. The molecule has 2 N–H and O–H groups in total. The Labute approximate surface area is 183 Å². The fourth-order valence-corrected chi connectivity index (χ4v) is 3.11. The normalized spacial score (nSPS) is 12.8. The molecular formula is C22H22F2N4O4. The third-order valence-corrected chi connectivity index (χ3v) is 4.58. The third-order valence-electron chi connectivity index (χ3n) is 4.58. The molecule has 0 spiro atoms. The van der Waals surface area contributed by atoms with Crippen molar-refractivity contribution in [3.8, 4) is 28.6 Å². The van der Waals surface area contributed by atoms with Gasteiger partial charge in [-0.15, -0.1) is 0 Å². The average molecular weight is 444 g/mol. The summed E-state index contributed by atoms with van der Waals surface area (Å²) in [5.41, 5.74) is 2.07. The van der Waals surface area contributed by atoms with E-state index in [4.69, 9.17) is 14.0 Å². The maximum Gasteiger partial charge on any atom is 0.387 e. The highest BCUT2D eigenvalue weighted by molar-refractivity contribution is 5.79. The van der Waals surface area contributed by atoms with Crippen LogP contribution in [-0.2, 0) is 13.1 Å². The molecule has 0 amide bonds. The van der Waals surface area contributed by atoms with Crippen molar-refractivity contribution in [3.63, 3.8) is 0 Å². The number of guanidine groups is 1. The number of hydrogen-bond acceptors (Lipinski definition) is 6. The maximum absolute atomic E-state index is 12.8. The van der Waals surface area contributed by atoms with Crippen LogP contribution in [0, 0.1) is 0 Å². The highest BCUT2D eigenvalue weighted by Crippen LogP contribution is 2.39. The molecule has 1 aliphatic rings. The van der Waals surface area contributed by atoms with Crippen LogP contribution >= 0.6 is 0 Å². The van der Waals surface area contributed by atoms with Gasteiger partial charge in [-0.25, -0.2) is 4.99 Å². The van der Waals surface area contributed by atoms with E-state index in [1.807, 2.05) is 43.3 Å². The molecule has 10 heteroatoms. The standard InChI is InChI=1S/C22H22F2N4O4/c1-2-25-22(27-12-16-9-18(32-28-16)14-6-4-3-5-7-14)26-11-15-8-19-20(30-13-29-19)10-17(15)31-21(23)24/h3-10,21H,2,11-13H2,1H3,(H2,25,26,27). The number of nitrogens with one attached hydrogen (secondary N) is 2. The molecule has 0 saturated heterocycles. The molecule has 3 aromatic rings. The Morgan fingerprint density at radius 3 is 2.66 bits per heavy atom. The van der Waals surface area contributed by atoms with Gasteiger partial charge in [0.25, 0.3) is 0 Å². The van der Waals surface area contributed by atoms with Gasteiger partial charge in [-0.2, -0.15) is 8.78 Å². The fraction of sp³-hybridized carbons (Fsp3) is 0.273. The van der Waals surface area contributed by atoms with Crippen LogP contribution in [0.5, 0.6) is 17.2 Å². The molecule has 0 fully saturated rings. The van der Waals surface area contributed by atoms with Gasteiger partial charge in [0.15, 0.2) is 23.2 Å². The number of rotatable bonds is 8. The van der Waals surface area contributed by atoms with Crippen molar-refractivity contribution in [2.45, 2.75) is 26.6 Å². The first-order valence-corrected chi connectivity index (χ1v) is 10.0. The van der Waals surface area contributed by atoms with Crippen LogP contribution in [0.25, 0.3) is 11.3 Å². The van der Waals surface area contributed by atoms with Gasteiger partial charge in [0, 0.05) is 29.8 Å². The molecule has 0 bridgehead atoms. The number of alkyl halides is 2. The van der Waals surface area contributed by atoms with Gasteiger partial charge >= 0.3 is 6.61 Å². The van der Waals surface area contributed by atoms with Gasteiger partial charge in [-0.05, 0) is 13.0 Å². The number of aromatic nitrogens is 1. The monoisotopic (exact) mass is 444 g/mol. The number of fused-ring (bicyclic) bond motifs is 1. The zero-order valence-corrected chi connectivity index (χ0v) is 17.3. The Balaban J connectivity index is 1.45. The zero-order valence-electron chi connectivity index (χ0n) is 17.3. The van der Waals surface area contributed by atoms with Gasteiger partial charge in [-0.1, -0.05) is 35.5 Å². The molecule has 8 nitrogen and oxygen atoms in total. The van der Waals surface area contributed by atoms with E-state index in [9.17, 15) is 8.78 Å². The van der Waals surface area contributed by atoms with Crippen molar-refractivity contribution in [2.24, 2.45) is 4.99 Å². The number of aliphatic imine (C=N–C) groups is 1. The van der Waals surface area contributed by atoms with E-state index >= 15 is 0 Å². The smallest absolute Gasteiger partial charge is 0.387 e. The fourth-order valence-electron chi connectivity index (χ4n) is 3.11.